The Balaban J connectivity index is 1.55. The number of hydrogen-bond donors (Lipinski definition) is 0. The molecule has 12 heteroatoms. The number of piperazine rings is 1. The fourth-order valence-corrected chi connectivity index (χ4v) is 5.03. The Labute approximate surface area is 193 Å². The van der Waals surface area contributed by atoms with Gasteiger partial charge in [-0.2, -0.15) is 13.2 Å². The summed E-state index contributed by atoms with van der Waals surface area (Å²) < 4.78 is 63.1. The van der Waals surface area contributed by atoms with Crippen LogP contribution in [0.1, 0.15) is 18.4 Å². The van der Waals surface area contributed by atoms with Crippen LogP contribution in [-0.2, 0) is 38.9 Å². The molecule has 0 bridgehead atoms. The molecule has 4 rings (SSSR count). The van der Waals surface area contributed by atoms with Gasteiger partial charge in [-0.3, -0.25) is 9.59 Å². The average molecular weight is 486 g/mol. The summed E-state index contributed by atoms with van der Waals surface area (Å²) in [6.45, 7) is -0.163. The lowest BCUT2D eigenvalue weighted by molar-refractivity contribution is -0.278. The van der Waals surface area contributed by atoms with Crippen LogP contribution in [0.15, 0.2) is 30.3 Å². The SMILES string of the molecule is COC1(OC)C[C@H]2C(=O)N3C[C@@H](OC(=O)[C@](OC)(c4ccccc4)C(F)(F)F)C[C@H]3C(=O)N2C1. The molecule has 0 radical (unpaired) electrons. The number of fused-ring (bicyclic) bond motifs is 2. The first-order valence-electron chi connectivity index (χ1n) is 10.6. The molecule has 3 heterocycles. The van der Waals surface area contributed by atoms with Gasteiger partial charge in [0.2, 0.25) is 11.8 Å². The van der Waals surface area contributed by atoms with E-state index in [0.717, 1.165) is 19.2 Å². The molecule has 1 aromatic carbocycles. The summed E-state index contributed by atoms with van der Waals surface area (Å²) in [5.41, 5.74) is -3.78. The number of benzene rings is 1. The first-order valence-corrected chi connectivity index (χ1v) is 10.6. The number of alkyl halides is 3. The molecule has 0 spiro atoms. The monoisotopic (exact) mass is 486 g/mol. The Morgan fingerprint density at radius 2 is 1.62 bits per heavy atom. The lowest BCUT2D eigenvalue weighted by Gasteiger charge is -2.37. The van der Waals surface area contributed by atoms with E-state index >= 15 is 0 Å². The zero-order valence-corrected chi connectivity index (χ0v) is 18.8. The van der Waals surface area contributed by atoms with Gasteiger partial charge in [0.15, 0.2) is 5.79 Å². The van der Waals surface area contributed by atoms with Crippen LogP contribution in [0.5, 0.6) is 0 Å². The molecule has 3 fully saturated rings. The van der Waals surface area contributed by atoms with Crippen molar-refractivity contribution < 1.29 is 46.5 Å². The minimum atomic E-state index is -5.12. The molecule has 0 N–H and O–H groups in total. The number of rotatable bonds is 6. The summed E-state index contributed by atoms with van der Waals surface area (Å²) >= 11 is 0. The standard InChI is InChI=1S/C22H25F3N2O7/c1-31-20(32-2)10-16-18(29)26-11-14(9-15(26)17(28)27(16)12-20)34-19(30)21(33-3,22(23,24)25)13-7-5-4-6-8-13/h4-8,14-16H,9-12H2,1-3H3/t14-,15-,16-,21+/m0/s1. The van der Waals surface area contributed by atoms with Crippen molar-refractivity contribution in [2.75, 3.05) is 34.4 Å². The minimum absolute atomic E-state index is 0.0406. The predicted molar refractivity (Wildman–Crippen MR) is 108 cm³/mol. The van der Waals surface area contributed by atoms with Gasteiger partial charge in [0.1, 0.15) is 18.2 Å². The number of methoxy groups -OCH3 is 3. The van der Waals surface area contributed by atoms with E-state index in [1.165, 1.54) is 42.2 Å². The van der Waals surface area contributed by atoms with Crippen molar-refractivity contribution >= 4 is 17.8 Å². The van der Waals surface area contributed by atoms with Gasteiger partial charge in [-0.25, -0.2) is 4.79 Å². The van der Waals surface area contributed by atoms with Gasteiger partial charge in [0, 0.05) is 39.7 Å². The third-order valence-corrected chi connectivity index (χ3v) is 6.88. The highest BCUT2D eigenvalue weighted by molar-refractivity contribution is 5.98. The second-order valence-electron chi connectivity index (χ2n) is 8.52. The van der Waals surface area contributed by atoms with Crippen LogP contribution in [0.2, 0.25) is 0 Å². The van der Waals surface area contributed by atoms with E-state index in [4.69, 9.17) is 18.9 Å². The molecule has 9 nitrogen and oxygen atoms in total. The molecule has 2 amide bonds. The molecule has 1 aromatic rings. The number of esters is 1. The zero-order valence-electron chi connectivity index (χ0n) is 18.8. The number of amides is 2. The summed E-state index contributed by atoms with van der Waals surface area (Å²) in [4.78, 5) is 41.7. The van der Waals surface area contributed by atoms with Crippen molar-refractivity contribution in [1.29, 1.82) is 0 Å². The highest BCUT2D eigenvalue weighted by Gasteiger charge is 2.65. The van der Waals surface area contributed by atoms with Crippen LogP contribution >= 0.6 is 0 Å². The van der Waals surface area contributed by atoms with Gasteiger partial charge in [-0.15, -0.1) is 0 Å². The van der Waals surface area contributed by atoms with E-state index in [-0.39, 0.29) is 25.9 Å². The first-order chi connectivity index (χ1) is 16.0. The predicted octanol–water partition coefficient (Wildman–Crippen LogP) is 1.21. The fourth-order valence-electron chi connectivity index (χ4n) is 5.03. The maximum absolute atomic E-state index is 14.1. The Morgan fingerprint density at radius 1 is 1.00 bits per heavy atom. The van der Waals surface area contributed by atoms with Crippen LogP contribution < -0.4 is 0 Å². The summed E-state index contributed by atoms with van der Waals surface area (Å²) in [7, 11) is 3.62. The van der Waals surface area contributed by atoms with E-state index in [0.29, 0.717) is 0 Å². The molecule has 34 heavy (non-hydrogen) atoms. The number of carbonyl (C=O) groups excluding carboxylic acids is 3. The van der Waals surface area contributed by atoms with Crippen LogP contribution in [0.4, 0.5) is 13.2 Å². The van der Waals surface area contributed by atoms with Gasteiger partial charge in [-0.05, 0) is 0 Å². The molecule has 3 aliphatic heterocycles. The zero-order chi connectivity index (χ0) is 24.9. The summed E-state index contributed by atoms with van der Waals surface area (Å²) in [5, 5.41) is 0. The van der Waals surface area contributed by atoms with Gasteiger partial charge < -0.3 is 28.7 Å². The fraction of sp³-hybridized carbons (Fsp3) is 0.591. The molecule has 0 aliphatic carbocycles. The van der Waals surface area contributed by atoms with Crippen LogP contribution in [-0.4, -0.2) is 92.2 Å². The maximum atomic E-state index is 14.1. The van der Waals surface area contributed by atoms with Gasteiger partial charge in [0.25, 0.3) is 5.60 Å². The van der Waals surface area contributed by atoms with E-state index in [9.17, 15) is 27.6 Å². The number of carbonyl (C=O) groups is 3. The lowest BCUT2D eigenvalue weighted by Crippen LogP contribution is -2.60. The Kier molecular flexibility index (Phi) is 6.11. The summed E-state index contributed by atoms with van der Waals surface area (Å²) in [5.74, 6) is -3.55. The van der Waals surface area contributed by atoms with Crippen molar-refractivity contribution in [3.8, 4) is 0 Å². The van der Waals surface area contributed by atoms with Crippen molar-refractivity contribution in [3.63, 3.8) is 0 Å². The third-order valence-electron chi connectivity index (χ3n) is 6.88. The second kappa shape index (κ2) is 8.51. The highest BCUT2D eigenvalue weighted by atomic mass is 19.4. The molecule has 0 saturated carbocycles. The second-order valence-corrected chi connectivity index (χ2v) is 8.52. The smallest absolute Gasteiger partial charge is 0.432 e. The van der Waals surface area contributed by atoms with Gasteiger partial charge in [-0.1, -0.05) is 30.3 Å². The Morgan fingerprint density at radius 3 is 2.18 bits per heavy atom. The molecule has 3 aliphatic rings. The van der Waals surface area contributed by atoms with Crippen LogP contribution in [0.25, 0.3) is 0 Å². The lowest BCUT2D eigenvalue weighted by atomic mass is 9.92. The first kappa shape index (κ1) is 24.4. The number of halogens is 3. The number of ether oxygens (including phenoxy) is 4. The Bertz CT molecular complexity index is 935. The summed E-state index contributed by atoms with van der Waals surface area (Å²) in [6, 6.07) is 4.67. The van der Waals surface area contributed by atoms with Crippen LogP contribution in [0, 0.1) is 0 Å². The molecule has 3 saturated heterocycles. The quantitative estimate of drug-likeness (QED) is 0.441. The number of hydrogen-bond acceptors (Lipinski definition) is 7. The van der Waals surface area contributed by atoms with Crippen molar-refractivity contribution in [2.45, 2.75) is 48.6 Å². The van der Waals surface area contributed by atoms with E-state index in [1.54, 1.807) is 0 Å². The molecule has 0 aromatic heterocycles. The van der Waals surface area contributed by atoms with Crippen molar-refractivity contribution in [2.24, 2.45) is 0 Å². The summed E-state index contributed by atoms with van der Waals surface area (Å²) in [6.07, 6.45) is -6.24. The minimum Gasteiger partial charge on any atom is -0.458 e. The van der Waals surface area contributed by atoms with Crippen molar-refractivity contribution in [1.82, 2.24) is 9.80 Å². The topological polar surface area (TPSA) is 94.6 Å². The van der Waals surface area contributed by atoms with E-state index < -0.39 is 59.1 Å². The number of nitrogens with zero attached hydrogens (tertiary/aromatic N) is 2. The maximum Gasteiger partial charge on any atom is 0.432 e. The van der Waals surface area contributed by atoms with E-state index in [1.807, 2.05) is 0 Å². The largest absolute Gasteiger partial charge is 0.458 e. The molecule has 4 atom stereocenters. The van der Waals surface area contributed by atoms with Crippen molar-refractivity contribution in [3.05, 3.63) is 35.9 Å². The molecular weight excluding hydrogens is 461 g/mol. The normalized spacial score (nSPS) is 27.9. The Hall–Kier alpha value is -2.70. The van der Waals surface area contributed by atoms with Crippen LogP contribution in [0.3, 0.4) is 0 Å². The molecule has 0 unspecified atom stereocenters. The average Bonchev–Trinajstić information content (AvgIpc) is 3.41. The third kappa shape index (κ3) is 3.55. The molecule has 186 valence electrons. The highest BCUT2D eigenvalue weighted by Crippen LogP contribution is 2.44. The van der Waals surface area contributed by atoms with Gasteiger partial charge in [0.05, 0.1) is 13.1 Å². The van der Waals surface area contributed by atoms with Gasteiger partial charge >= 0.3 is 12.1 Å². The molecular formula is C22H25F3N2O7. The van der Waals surface area contributed by atoms with E-state index in [2.05, 4.69) is 0 Å².